The highest BCUT2D eigenvalue weighted by Gasteiger charge is 2.26. The SMILES string of the molecule is CC(=O)Oc1ccc(C(=O)N(c2ccc(C)cc2C)C(C)C)c(OC(C)=O)c1. The molecule has 0 radical (unpaired) electrons. The van der Waals surface area contributed by atoms with Crippen LogP contribution < -0.4 is 14.4 Å². The number of hydrogen-bond acceptors (Lipinski definition) is 5. The average Bonchev–Trinajstić information content (AvgIpc) is 2.55. The molecule has 0 unspecified atom stereocenters. The molecule has 0 fully saturated rings. The van der Waals surface area contributed by atoms with E-state index in [0.29, 0.717) is 0 Å². The molecule has 0 aliphatic rings. The summed E-state index contributed by atoms with van der Waals surface area (Å²) in [6.07, 6.45) is 0. The first-order valence-electron chi connectivity index (χ1n) is 9.02. The molecular weight excluding hydrogens is 358 g/mol. The van der Waals surface area contributed by atoms with Gasteiger partial charge in [-0.1, -0.05) is 17.7 Å². The number of aryl methyl sites for hydroxylation is 2. The van der Waals surface area contributed by atoms with Gasteiger partial charge in [-0.15, -0.1) is 0 Å². The Balaban J connectivity index is 2.54. The molecule has 1 amide bonds. The summed E-state index contributed by atoms with van der Waals surface area (Å²) in [5.74, 6) is -1.15. The van der Waals surface area contributed by atoms with Crippen LogP contribution in [0.15, 0.2) is 36.4 Å². The van der Waals surface area contributed by atoms with Crippen molar-refractivity contribution in [3.05, 3.63) is 53.1 Å². The second kappa shape index (κ2) is 8.69. The van der Waals surface area contributed by atoms with Gasteiger partial charge in [0.25, 0.3) is 5.91 Å². The number of esters is 2. The molecule has 0 bridgehead atoms. The summed E-state index contributed by atoms with van der Waals surface area (Å²) in [7, 11) is 0. The summed E-state index contributed by atoms with van der Waals surface area (Å²) >= 11 is 0. The Morgan fingerprint density at radius 1 is 0.893 bits per heavy atom. The molecule has 6 nitrogen and oxygen atoms in total. The molecule has 0 N–H and O–H groups in total. The molecule has 2 aromatic rings. The molecular formula is C22H25NO5. The smallest absolute Gasteiger partial charge is 0.308 e. The van der Waals surface area contributed by atoms with Gasteiger partial charge in [-0.2, -0.15) is 0 Å². The van der Waals surface area contributed by atoms with E-state index in [4.69, 9.17) is 9.47 Å². The molecule has 6 heteroatoms. The molecule has 0 saturated heterocycles. The number of nitrogens with zero attached hydrogens (tertiary/aromatic N) is 1. The topological polar surface area (TPSA) is 72.9 Å². The molecule has 0 aromatic heterocycles. The molecule has 0 spiro atoms. The highest BCUT2D eigenvalue weighted by atomic mass is 16.5. The largest absolute Gasteiger partial charge is 0.427 e. The number of ether oxygens (including phenoxy) is 2. The maximum Gasteiger partial charge on any atom is 0.308 e. The zero-order valence-electron chi connectivity index (χ0n) is 17.0. The van der Waals surface area contributed by atoms with E-state index in [1.807, 2.05) is 45.9 Å². The fourth-order valence-corrected chi connectivity index (χ4v) is 2.98. The van der Waals surface area contributed by atoms with Crippen molar-refractivity contribution in [2.45, 2.75) is 47.6 Å². The van der Waals surface area contributed by atoms with Crippen LogP contribution in [0.1, 0.15) is 49.2 Å². The standard InChI is InChI=1S/C22H25NO5/c1-13(2)23(20-10-7-14(3)11-15(20)4)22(26)19-9-8-18(27-16(5)24)12-21(19)28-17(6)25/h7-13H,1-6H3. The summed E-state index contributed by atoms with van der Waals surface area (Å²) in [4.78, 5) is 37.8. The van der Waals surface area contributed by atoms with E-state index in [1.165, 1.54) is 32.0 Å². The van der Waals surface area contributed by atoms with Gasteiger partial charge in [-0.25, -0.2) is 0 Å². The van der Waals surface area contributed by atoms with Crippen molar-refractivity contribution in [3.8, 4) is 11.5 Å². The second-order valence-electron chi connectivity index (χ2n) is 6.90. The lowest BCUT2D eigenvalue weighted by Crippen LogP contribution is -2.37. The lowest BCUT2D eigenvalue weighted by atomic mass is 10.1. The Kier molecular flexibility index (Phi) is 6.57. The number of hydrogen-bond donors (Lipinski definition) is 0. The van der Waals surface area contributed by atoms with Gasteiger partial charge in [0.1, 0.15) is 11.5 Å². The predicted octanol–water partition coefficient (Wildman–Crippen LogP) is 4.21. The van der Waals surface area contributed by atoms with Crippen LogP contribution in [0.5, 0.6) is 11.5 Å². The molecule has 0 atom stereocenters. The van der Waals surface area contributed by atoms with Gasteiger partial charge in [0, 0.05) is 31.6 Å². The minimum Gasteiger partial charge on any atom is -0.427 e. The van der Waals surface area contributed by atoms with Crippen molar-refractivity contribution in [1.29, 1.82) is 0 Å². The monoisotopic (exact) mass is 383 g/mol. The zero-order valence-corrected chi connectivity index (χ0v) is 17.0. The fourth-order valence-electron chi connectivity index (χ4n) is 2.98. The van der Waals surface area contributed by atoms with Gasteiger partial charge in [0.05, 0.1) is 5.56 Å². The summed E-state index contributed by atoms with van der Waals surface area (Å²) in [6.45, 7) is 10.3. The quantitative estimate of drug-likeness (QED) is 0.571. The van der Waals surface area contributed by atoms with Crippen molar-refractivity contribution >= 4 is 23.5 Å². The fraction of sp³-hybridized carbons (Fsp3) is 0.318. The van der Waals surface area contributed by atoms with Gasteiger partial charge in [-0.05, 0) is 51.5 Å². The van der Waals surface area contributed by atoms with E-state index >= 15 is 0 Å². The predicted molar refractivity (Wildman–Crippen MR) is 107 cm³/mol. The van der Waals surface area contributed by atoms with Gasteiger partial charge >= 0.3 is 11.9 Å². The van der Waals surface area contributed by atoms with Gasteiger partial charge in [0.15, 0.2) is 0 Å². The highest BCUT2D eigenvalue weighted by Crippen LogP contribution is 2.31. The number of carbonyl (C=O) groups is 3. The van der Waals surface area contributed by atoms with Crippen molar-refractivity contribution in [2.24, 2.45) is 0 Å². The van der Waals surface area contributed by atoms with Crippen LogP contribution >= 0.6 is 0 Å². The van der Waals surface area contributed by atoms with Gasteiger partial charge in [-0.3, -0.25) is 14.4 Å². The van der Waals surface area contributed by atoms with E-state index < -0.39 is 11.9 Å². The summed E-state index contributed by atoms with van der Waals surface area (Å²) < 4.78 is 10.3. The third-order valence-corrected chi connectivity index (χ3v) is 4.05. The lowest BCUT2D eigenvalue weighted by Gasteiger charge is -2.29. The first-order chi connectivity index (χ1) is 13.1. The van der Waals surface area contributed by atoms with Crippen molar-refractivity contribution in [2.75, 3.05) is 4.90 Å². The Bertz CT molecular complexity index is 917. The molecule has 0 heterocycles. The molecule has 148 valence electrons. The third-order valence-electron chi connectivity index (χ3n) is 4.05. The first kappa shape index (κ1) is 21.2. The van der Waals surface area contributed by atoms with Crippen LogP contribution in [-0.4, -0.2) is 23.9 Å². The van der Waals surface area contributed by atoms with Crippen molar-refractivity contribution in [3.63, 3.8) is 0 Å². The molecule has 0 aliphatic heterocycles. The van der Waals surface area contributed by atoms with Crippen LogP contribution in [0.25, 0.3) is 0 Å². The summed E-state index contributed by atoms with van der Waals surface area (Å²) in [6, 6.07) is 10.1. The van der Waals surface area contributed by atoms with Crippen LogP contribution in [0, 0.1) is 13.8 Å². The number of anilines is 1. The van der Waals surface area contributed by atoms with Crippen molar-refractivity contribution < 1.29 is 23.9 Å². The molecule has 2 rings (SSSR count). The van der Waals surface area contributed by atoms with Gasteiger partial charge in [0.2, 0.25) is 0 Å². The van der Waals surface area contributed by atoms with E-state index in [2.05, 4.69) is 0 Å². The third kappa shape index (κ3) is 4.97. The zero-order chi connectivity index (χ0) is 21.0. The van der Waals surface area contributed by atoms with E-state index in [0.717, 1.165) is 16.8 Å². The van der Waals surface area contributed by atoms with E-state index in [-0.39, 0.29) is 29.0 Å². The molecule has 2 aromatic carbocycles. The number of carbonyl (C=O) groups excluding carboxylic acids is 3. The van der Waals surface area contributed by atoms with Crippen LogP contribution in [0.4, 0.5) is 5.69 Å². The van der Waals surface area contributed by atoms with Gasteiger partial charge < -0.3 is 14.4 Å². The molecule has 0 aliphatic carbocycles. The Labute approximate surface area is 165 Å². The lowest BCUT2D eigenvalue weighted by molar-refractivity contribution is -0.132. The first-order valence-corrected chi connectivity index (χ1v) is 9.02. The maximum atomic E-state index is 13.4. The van der Waals surface area contributed by atoms with Crippen LogP contribution in [0.3, 0.4) is 0 Å². The molecule has 28 heavy (non-hydrogen) atoms. The normalized spacial score (nSPS) is 10.5. The van der Waals surface area contributed by atoms with E-state index in [1.54, 1.807) is 4.90 Å². The summed E-state index contributed by atoms with van der Waals surface area (Å²) in [5, 5.41) is 0. The maximum absolute atomic E-state index is 13.4. The number of rotatable bonds is 5. The molecule has 0 saturated carbocycles. The minimum atomic E-state index is -0.573. The average molecular weight is 383 g/mol. The highest BCUT2D eigenvalue weighted by molar-refractivity contribution is 6.09. The summed E-state index contributed by atoms with van der Waals surface area (Å²) in [5.41, 5.74) is 3.06. The van der Waals surface area contributed by atoms with Crippen molar-refractivity contribution in [1.82, 2.24) is 0 Å². The number of amides is 1. The Hall–Kier alpha value is -3.15. The van der Waals surface area contributed by atoms with Crippen LogP contribution in [-0.2, 0) is 9.59 Å². The minimum absolute atomic E-state index is 0.0478. The van der Waals surface area contributed by atoms with E-state index in [9.17, 15) is 14.4 Å². The second-order valence-corrected chi connectivity index (χ2v) is 6.90. The Morgan fingerprint density at radius 3 is 2.07 bits per heavy atom. The number of benzene rings is 2. The van der Waals surface area contributed by atoms with Crippen LogP contribution in [0.2, 0.25) is 0 Å². The Morgan fingerprint density at radius 2 is 1.54 bits per heavy atom.